The number of alkyl halides is 3. The van der Waals surface area contributed by atoms with Gasteiger partial charge in [0.15, 0.2) is 5.60 Å². The van der Waals surface area contributed by atoms with Gasteiger partial charge in [0.25, 0.3) is 0 Å². The summed E-state index contributed by atoms with van der Waals surface area (Å²) < 4.78 is 38.2. The zero-order valence-corrected chi connectivity index (χ0v) is 8.53. The van der Waals surface area contributed by atoms with E-state index in [9.17, 15) is 18.3 Å². The third-order valence-electron chi connectivity index (χ3n) is 2.52. The van der Waals surface area contributed by atoms with Crippen molar-refractivity contribution in [3.05, 3.63) is 29.8 Å². The van der Waals surface area contributed by atoms with E-state index in [0.29, 0.717) is 4.90 Å². The minimum absolute atomic E-state index is 0.0197. The molecule has 0 amide bonds. The predicted octanol–water partition coefficient (Wildman–Crippen LogP) is 2.93. The van der Waals surface area contributed by atoms with E-state index in [4.69, 9.17) is 0 Å². The average molecular weight is 234 g/mol. The van der Waals surface area contributed by atoms with Crippen molar-refractivity contribution in [2.75, 3.05) is 5.75 Å². The Hall–Kier alpha value is -0.680. The van der Waals surface area contributed by atoms with E-state index < -0.39 is 11.8 Å². The molecular formula is C10H9F3OS. The van der Waals surface area contributed by atoms with Crippen LogP contribution in [-0.4, -0.2) is 17.0 Å². The first-order valence-corrected chi connectivity index (χ1v) is 5.45. The second kappa shape index (κ2) is 3.42. The number of rotatable bonds is 0. The Bertz CT molecular complexity index is 377. The first-order chi connectivity index (χ1) is 6.95. The molecule has 5 heteroatoms. The summed E-state index contributed by atoms with van der Waals surface area (Å²) in [6.07, 6.45) is -4.89. The molecule has 0 aliphatic carbocycles. The molecule has 0 saturated heterocycles. The maximum absolute atomic E-state index is 12.7. The highest BCUT2D eigenvalue weighted by Crippen LogP contribution is 2.48. The van der Waals surface area contributed by atoms with Crippen molar-refractivity contribution < 1.29 is 18.3 Å². The summed E-state index contributed by atoms with van der Waals surface area (Å²) in [4.78, 5) is 0.517. The van der Waals surface area contributed by atoms with Crippen molar-refractivity contribution in [1.29, 1.82) is 0 Å². The van der Waals surface area contributed by atoms with Crippen LogP contribution in [-0.2, 0) is 5.60 Å². The molecule has 0 spiro atoms. The molecule has 1 nitrogen and oxygen atoms in total. The Kier molecular flexibility index (Phi) is 2.47. The van der Waals surface area contributed by atoms with E-state index in [1.807, 2.05) is 0 Å². The largest absolute Gasteiger partial charge is 0.421 e. The maximum atomic E-state index is 12.7. The van der Waals surface area contributed by atoms with E-state index in [2.05, 4.69) is 0 Å². The zero-order valence-electron chi connectivity index (χ0n) is 7.71. The quantitative estimate of drug-likeness (QED) is 0.744. The van der Waals surface area contributed by atoms with Crippen LogP contribution >= 0.6 is 11.8 Å². The number of benzene rings is 1. The van der Waals surface area contributed by atoms with Crippen molar-refractivity contribution >= 4 is 11.8 Å². The molecule has 1 atom stereocenters. The van der Waals surface area contributed by atoms with Crippen molar-refractivity contribution in [1.82, 2.24) is 0 Å². The highest BCUT2D eigenvalue weighted by Gasteiger charge is 2.56. The van der Waals surface area contributed by atoms with Crippen LogP contribution in [0, 0.1) is 0 Å². The van der Waals surface area contributed by atoms with Gasteiger partial charge in [-0.3, -0.25) is 0 Å². The van der Waals surface area contributed by atoms with Crippen LogP contribution in [0.5, 0.6) is 0 Å². The summed E-state index contributed by atoms with van der Waals surface area (Å²) in [5, 5.41) is 9.72. The molecule has 1 unspecified atom stereocenters. The molecule has 82 valence electrons. The second-order valence-electron chi connectivity index (χ2n) is 3.45. The Morgan fingerprint density at radius 2 is 1.93 bits per heavy atom. The van der Waals surface area contributed by atoms with Gasteiger partial charge in [0.05, 0.1) is 0 Å². The van der Waals surface area contributed by atoms with Crippen molar-refractivity contribution in [3.63, 3.8) is 0 Å². The number of hydrogen-bond donors (Lipinski definition) is 1. The smallest absolute Gasteiger partial charge is 0.376 e. The first kappa shape index (κ1) is 10.8. The number of halogens is 3. The Morgan fingerprint density at radius 1 is 1.27 bits per heavy atom. The van der Waals surface area contributed by atoms with Gasteiger partial charge in [0.1, 0.15) is 0 Å². The molecule has 1 aliphatic heterocycles. The second-order valence-corrected chi connectivity index (χ2v) is 4.59. The van der Waals surface area contributed by atoms with Crippen LogP contribution in [0.3, 0.4) is 0 Å². The SMILES string of the molecule is OC1(C(F)(F)F)CCSc2ccccc21. The van der Waals surface area contributed by atoms with E-state index in [-0.39, 0.29) is 17.7 Å². The van der Waals surface area contributed by atoms with Gasteiger partial charge in [0, 0.05) is 16.2 Å². The monoisotopic (exact) mass is 234 g/mol. The molecule has 1 aromatic rings. The average Bonchev–Trinajstić information content (AvgIpc) is 2.17. The predicted molar refractivity (Wildman–Crippen MR) is 51.7 cm³/mol. The molecule has 0 bridgehead atoms. The number of hydrogen-bond acceptors (Lipinski definition) is 2. The molecule has 0 fully saturated rings. The summed E-state index contributed by atoms with van der Waals surface area (Å²) in [5.41, 5.74) is -2.69. The van der Waals surface area contributed by atoms with Gasteiger partial charge in [-0.15, -0.1) is 11.8 Å². The van der Waals surface area contributed by atoms with E-state index in [0.717, 1.165) is 0 Å². The lowest BCUT2D eigenvalue weighted by molar-refractivity contribution is -0.268. The van der Waals surface area contributed by atoms with Gasteiger partial charge in [0.2, 0.25) is 0 Å². The molecule has 1 N–H and O–H groups in total. The lowest BCUT2D eigenvalue weighted by Gasteiger charge is -2.35. The van der Waals surface area contributed by atoms with Crippen molar-refractivity contribution in [2.24, 2.45) is 0 Å². The highest BCUT2D eigenvalue weighted by atomic mass is 32.2. The van der Waals surface area contributed by atoms with Gasteiger partial charge in [-0.05, 0) is 12.5 Å². The summed E-state index contributed by atoms with van der Waals surface area (Å²) >= 11 is 1.35. The van der Waals surface area contributed by atoms with Crippen LogP contribution in [0.4, 0.5) is 13.2 Å². The Balaban J connectivity index is 2.55. The maximum Gasteiger partial charge on any atom is 0.421 e. The topological polar surface area (TPSA) is 20.2 Å². The molecular weight excluding hydrogens is 225 g/mol. The normalized spacial score (nSPS) is 26.1. The number of fused-ring (bicyclic) bond motifs is 1. The van der Waals surface area contributed by atoms with Crippen LogP contribution in [0.25, 0.3) is 0 Å². The summed E-state index contributed by atoms with van der Waals surface area (Å²) in [5.74, 6) is 0.285. The molecule has 1 aliphatic rings. The van der Waals surface area contributed by atoms with Crippen LogP contribution in [0.2, 0.25) is 0 Å². The molecule has 1 heterocycles. The van der Waals surface area contributed by atoms with Gasteiger partial charge < -0.3 is 5.11 Å². The summed E-state index contributed by atoms with van der Waals surface area (Å²) in [6, 6.07) is 6.14. The molecule has 15 heavy (non-hydrogen) atoms. The van der Waals surface area contributed by atoms with Crippen LogP contribution < -0.4 is 0 Å². The molecule has 2 rings (SSSR count). The third kappa shape index (κ3) is 1.63. The fourth-order valence-corrected chi connectivity index (χ4v) is 2.86. The lowest BCUT2D eigenvalue weighted by atomic mass is 9.90. The van der Waals surface area contributed by atoms with E-state index in [1.54, 1.807) is 12.1 Å². The molecule has 0 aromatic heterocycles. The summed E-state index contributed by atoms with van der Waals surface area (Å²) in [6.45, 7) is 0. The van der Waals surface area contributed by atoms with Gasteiger partial charge in [-0.2, -0.15) is 13.2 Å². The minimum atomic E-state index is -4.61. The van der Waals surface area contributed by atoms with Crippen molar-refractivity contribution in [3.8, 4) is 0 Å². The third-order valence-corrected chi connectivity index (χ3v) is 3.60. The van der Waals surface area contributed by atoms with E-state index >= 15 is 0 Å². The van der Waals surface area contributed by atoms with Gasteiger partial charge in [-0.25, -0.2) is 0 Å². The van der Waals surface area contributed by atoms with Crippen molar-refractivity contribution in [2.45, 2.75) is 23.1 Å². The minimum Gasteiger partial charge on any atom is -0.376 e. The Labute approximate surface area is 89.3 Å². The fourth-order valence-electron chi connectivity index (χ4n) is 1.67. The molecule has 1 aromatic carbocycles. The molecule has 0 radical (unpaired) electrons. The Morgan fingerprint density at radius 3 is 2.60 bits per heavy atom. The zero-order chi connectivity index (χ0) is 11.1. The molecule has 0 saturated carbocycles. The van der Waals surface area contributed by atoms with Crippen LogP contribution in [0.15, 0.2) is 29.2 Å². The standard InChI is InChI=1S/C10H9F3OS/c11-10(12,13)9(14)5-6-15-8-4-2-1-3-7(8)9/h1-4,14H,5-6H2. The van der Waals surface area contributed by atoms with Gasteiger partial charge in [-0.1, -0.05) is 18.2 Å². The van der Waals surface area contributed by atoms with Crippen LogP contribution in [0.1, 0.15) is 12.0 Å². The highest BCUT2D eigenvalue weighted by molar-refractivity contribution is 7.99. The summed E-state index contributed by atoms with van der Waals surface area (Å²) in [7, 11) is 0. The first-order valence-electron chi connectivity index (χ1n) is 4.46. The lowest BCUT2D eigenvalue weighted by Crippen LogP contribution is -2.44. The van der Waals surface area contributed by atoms with E-state index in [1.165, 1.54) is 23.9 Å². The van der Waals surface area contributed by atoms with Gasteiger partial charge >= 0.3 is 6.18 Å². The number of thioether (sulfide) groups is 1. The number of aliphatic hydroxyl groups is 1. The fraction of sp³-hybridized carbons (Fsp3) is 0.400.